The number of rotatable bonds is 2. The number of aromatic nitrogens is 1. The summed E-state index contributed by atoms with van der Waals surface area (Å²) in [5, 5.41) is 0. The molecule has 15 heavy (non-hydrogen) atoms. The predicted octanol–water partition coefficient (Wildman–Crippen LogP) is 2.65. The molecule has 1 aromatic heterocycles. The Hall–Kier alpha value is 0.160. The van der Waals surface area contributed by atoms with Crippen LogP contribution in [0.2, 0.25) is 0 Å². The van der Waals surface area contributed by atoms with Crippen LogP contribution >= 0.6 is 45.2 Å². The van der Waals surface area contributed by atoms with Gasteiger partial charge >= 0.3 is 6.36 Å². The topological polar surface area (TPSA) is 48.1 Å². The highest BCUT2D eigenvalue weighted by Gasteiger charge is 2.33. The van der Waals surface area contributed by atoms with E-state index in [4.69, 9.17) is 5.73 Å². The van der Waals surface area contributed by atoms with Crippen LogP contribution in [0.1, 0.15) is 5.56 Å². The lowest BCUT2D eigenvalue weighted by molar-refractivity contribution is -0.276. The summed E-state index contributed by atoms with van der Waals surface area (Å²) in [7, 11) is 0. The number of nitrogens with two attached hydrogens (primary N) is 1. The second kappa shape index (κ2) is 4.99. The molecule has 0 aromatic carbocycles. The molecule has 3 nitrogen and oxygen atoms in total. The molecule has 8 heteroatoms. The Kier molecular flexibility index (Phi) is 4.40. The van der Waals surface area contributed by atoms with Gasteiger partial charge < -0.3 is 10.5 Å². The van der Waals surface area contributed by atoms with E-state index in [-0.39, 0.29) is 12.1 Å². The van der Waals surface area contributed by atoms with Crippen LogP contribution in [0, 0.1) is 7.27 Å². The van der Waals surface area contributed by atoms with Crippen molar-refractivity contribution in [2.75, 3.05) is 0 Å². The Balaban J connectivity index is 3.15. The van der Waals surface area contributed by atoms with Gasteiger partial charge in [0.05, 0.1) is 0 Å². The summed E-state index contributed by atoms with van der Waals surface area (Å²) in [5.74, 6) is -0.471. The van der Waals surface area contributed by atoms with Crippen molar-refractivity contribution in [2.24, 2.45) is 5.73 Å². The van der Waals surface area contributed by atoms with Gasteiger partial charge in [-0.2, -0.15) is 0 Å². The fourth-order valence-corrected chi connectivity index (χ4v) is 2.74. The number of halogens is 5. The molecular formula is C7H5F3I2N2O. The third kappa shape index (κ3) is 3.90. The molecule has 84 valence electrons. The van der Waals surface area contributed by atoms with Crippen molar-refractivity contribution in [3.8, 4) is 5.88 Å². The van der Waals surface area contributed by atoms with E-state index in [1.807, 2.05) is 45.2 Å². The first-order valence-corrected chi connectivity index (χ1v) is 5.80. The van der Waals surface area contributed by atoms with E-state index >= 15 is 0 Å². The summed E-state index contributed by atoms with van der Waals surface area (Å²) in [6.07, 6.45) is -4.75. The molecule has 0 aliphatic heterocycles. The SMILES string of the molecule is NCc1c(I)cc(I)nc1OC(F)(F)F. The lowest BCUT2D eigenvalue weighted by Gasteiger charge is -2.12. The predicted molar refractivity (Wildman–Crippen MR) is 64.2 cm³/mol. The molecule has 2 N–H and O–H groups in total. The zero-order chi connectivity index (χ0) is 11.6. The Morgan fingerprint density at radius 1 is 1.40 bits per heavy atom. The molecule has 0 spiro atoms. The fraction of sp³-hybridized carbons (Fsp3) is 0.286. The quantitative estimate of drug-likeness (QED) is 0.564. The van der Waals surface area contributed by atoms with Gasteiger partial charge in [-0.1, -0.05) is 0 Å². The zero-order valence-corrected chi connectivity index (χ0v) is 11.4. The zero-order valence-electron chi connectivity index (χ0n) is 7.11. The molecule has 0 bridgehead atoms. The largest absolute Gasteiger partial charge is 0.574 e. The van der Waals surface area contributed by atoms with Crippen LogP contribution in [0.4, 0.5) is 13.2 Å². The molecule has 1 heterocycles. The molecule has 0 aliphatic carbocycles. The first-order chi connectivity index (χ1) is 6.83. The average Bonchev–Trinajstić information content (AvgIpc) is 1.99. The van der Waals surface area contributed by atoms with E-state index in [9.17, 15) is 13.2 Å². The van der Waals surface area contributed by atoms with Gasteiger partial charge in [0, 0.05) is 15.7 Å². The molecule has 0 radical (unpaired) electrons. The highest BCUT2D eigenvalue weighted by Crippen LogP contribution is 2.28. The van der Waals surface area contributed by atoms with Crippen molar-refractivity contribution in [1.82, 2.24) is 4.98 Å². The second-order valence-electron chi connectivity index (χ2n) is 2.46. The normalized spacial score (nSPS) is 11.6. The number of hydrogen-bond acceptors (Lipinski definition) is 3. The molecule has 1 rings (SSSR count). The average molecular weight is 444 g/mol. The first kappa shape index (κ1) is 13.2. The number of alkyl halides is 3. The maximum atomic E-state index is 12.0. The van der Waals surface area contributed by atoms with Crippen LogP contribution in [-0.2, 0) is 6.54 Å². The van der Waals surface area contributed by atoms with E-state index in [0.717, 1.165) is 0 Å². The Morgan fingerprint density at radius 2 is 2.00 bits per heavy atom. The van der Waals surface area contributed by atoms with Crippen LogP contribution in [-0.4, -0.2) is 11.3 Å². The Labute approximate surface area is 111 Å². The van der Waals surface area contributed by atoms with E-state index in [0.29, 0.717) is 7.27 Å². The number of ether oxygens (including phenoxy) is 1. The summed E-state index contributed by atoms with van der Waals surface area (Å²) >= 11 is 3.70. The maximum Gasteiger partial charge on any atom is 0.574 e. The molecule has 0 unspecified atom stereocenters. The fourth-order valence-electron chi connectivity index (χ4n) is 0.869. The third-order valence-corrected chi connectivity index (χ3v) is 2.93. The molecular weight excluding hydrogens is 439 g/mol. The summed E-state index contributed by atoms with van der Waals surface area (Å²) in [4.78, 5) is 3.65. The highest BCUT2D eigenvalue weighted by molar-refractivity contribution is 14.1. The van der Waals surface area contributed by atoms with Gasteiger partial charge in [-0.25, -0.2) is 4.98 Å². The summed E-state index contributed by atoms with van der Waals surface area (Å²) < 4.78 is 40.9. The number of nitrogens with zero attached hydrogens (tertiary/aromatic N) is 1. The molecule has 0 amide bonds. The van der Waals surface area contributed by atoms with E-state index in [2.05, 4.69) is 9.72 Å². The second-order valence-corrected chi connectivity index (χ2v) is 4.73. The van der Waals surface area contributed by atoms with E-state index in [1.165, 1.54) is 0 Å². The standard InChI is InChI=1S/C7H5F3I2N2O/c8-7(9,10)15-6-3(2-13)4(11)1-5(12)14-6/h1H,2,13H2. The van der Waals surface area contributed by atoms with Gasteiger partial charge in [0.25, 0.3) is 0 Å². The molecule has 0 aliphatic rings. The van der Waals surface area contributed by atoms with Crippen LogP contribution in [0.3, 0.4) is 0 Å². The van der Waals surface area contributed by atoms with Crippen molar-refractivity contribution >= 4 is 45.2 Å². The monoisotopic (exact) mass is 444 g/mol. The molecule has 0 saturated carbocycles. The minimum atomic E-state index is -4.75. The van der Waals surface area contributed by atoms with Crippen LogP contribution in [0.25, 0.3) is 0 Å². The summed E-state index contributed by atoms with van der Waals surface area (Å²) in [6, 6.07) is 1.63. The maximum absolute atomic E-state index is 12.0. The Morgan fingerprint density at radius 3 is 2.47 bits per heavy atom. The van der Waals surface area contributed by atoms with Crippen molar-refractivity contribution in [2.45, 2.75) is 12.9 Å². The Bertz CT molecular complexity index is 370. The van der Waals surface area contributed by atoms with Gasteiger partial charge in [0.2, 0.25) is 5.88 Å². The van der Waals surface area contributed by atoms with Gasteiger partial charge in [-0.05, 0) is 51.2 Å². The minimum Gasteiger partial charge on any atom is -0.387 e. The first-order valence-electron chi connectivity index (χ1n) is 3.64. The number of hydrogen-bond donors (Lipinski definition) is 1. The van der Waals surface area contributed by atoms with Crippen LogP contribution < -0.4 is 10.5 Å². The lowest BCUT2D eigenvalue weighted by atomic mass is 10.3. The van der Waals surface area contributed by atoms with Crippen LogP contribution in [0.15, 0.2) is 6.07 Å². The third-order valence-electron chi connectivity index (χ3n) is 1.42. The van der Waals surface area contributed by atoms with Crippen molar-refractivity contribution in [3.63, 3.8) is 0 Å². The highest BCUT2D eigenvalue weighted by atomic mass is 127. The summed E-state index contributed by atoms with van der Waals surface area (Å²) in [5.41, 5.74) is 5.58. The smallest absolute Gasteiger partial charge is 0.387 e. The van der Waals surface area contributed by atoms with E-state index in [1.54, 1.807) is 6.07 Å². The van der Waals surface area contributed by atoms with Gasteiger partial charge in [0.1, 0.15) is 3.70 Å². The van der Waals surface area contributed by atoms with Crippen molar-refractivity contribution in [3.05, 3.63) is 18.9 Å². The molecule has 1 aromatic rings. The number of pyridine rings is 1. The summed E-state index contributed by atoms with van der Waals surface area (Å²) in [6.45, 7) is -0.0480. The molecule has 0 fully saturated rings. The van der Waals surface area contributed by atoms with Crippen molar-refractivity contribution < 1.29 is 17.9 Å². The lowest BCUT2D eigenvalue weighted by Crippen LogP contribution is -2.20. The molecule has 0 atom stereocenters. The van der Waals surface area contributed by atoms with Gasteiger partial charge in [-0.3, -0.25) is 0 Å². The van der Waals surface area contributed by atoms with Gasteiger partial charge in [0.15, 0.2) is 0 Å². The van der Waals surface area contributed by atoms with Gasteiger partial charge in [-0.15, -0.1) is 13.2 Å². The van der Waals surface area contributed by atoms with Crippen LogP contribution in [0.5, 0.6) is 5.88 Å². The van der Waals surface area contributed by atoms with E-state index < -0.39 is 12.2 Å². The molecule has 0 saturated heterocycles. The van der Waals surface area contributed by atoms with Crippen molar-refractivity contribution in [1.29, 1.82) is 0 Å². The minimum absolute atomic E-state index is 0.0480.